The van der Waals surface area contributed by atoms with Crippen LogP contribution in [0.4, 0.5) is 0 Å². The van der Waals surface area contributed by atoms with Crippen molar-refractivity contribution in [3.8, 4) is 22.4 Å². The molecule has 0 bridgehead atoms. The van der Waals surface area contributed by atoms with Crippen LogP contribution in [0.1, 0.15) is 110 Å². The fraction of sp³-hybridized carbons (Fsp3) is 0.444. The molecule has 3 aromatic heterocycles. The molecule has 0 saturated carbocycles. The Morgan fingerprint density at radius 1 is 0.980 bits per heavy atom. The minimum Gasteiger partial charge on any atom is -0.512 e. The van der Waals surface area contributed by atoms with Gasteiger partial charge >= 0.3 is 0 Å². The molecule has 1 radical (unpaired) electrons. The summed E-state index contributed by atoms with van der Waals surface area (Å²) < 4.78 is 1.31. The topological polar surface area (TPSA) is 63.1 Å². The Morgan fingerprint density at radius 2 is 1.67 bits per heavy atom. The van der Waals surface area contributed by atoms with Crippen LogP contribution in [-0.2, 0) is 49.6 Å². The van der Waals surface area contributed by atoms with E-state index in [-0.39, 0.29) is 48.9 Å². The Kier molecular flexibility index (Phi) is 14.0. The predicted octanol–water partition coefficient (Wildman–Crippen LogP) is 12.4. The van der Waals surface area contributed by atoms with E-state index in [0.29, 0.717) is 5.92 Å². The summed E-state index contributed by atoms with van der Waals surface area (Å²) in [6.07, 6.45) is 14.3. The van der Waals surface area contributed by atoms with E-state index >= 15 is 0 Å². The monoisotopic (exact) mass is 880 g/mol. The molecule has 6 heteroatoms. The third-order valence-corrected chi connectivity index (χ3v) is 11.5. The van der Waals surface area contributed by atoms with Crippen molar-refractivity contribution in [2.45, 2.75) is 113 Å². The minimum atomic E-state index is 0. The largest absolute Gasteiger partial charge is 0.512 e. The number of aliphatic hydroxyl groups excluding tert-OH is 1. The van der Waals surface area contributed by atoms with Gasteiger partial charge in [0, 0.05) is 77.4 Å². The van der Waals surface area contributed by atoms with E-state index in [9.17, 15) is 9.90 Å². The van der Waals surface area contributed by atoms with Crippen LogP contribution in [0.15, 0.2) is 66.8 Å². The van der Waals surface area contributed by atoms with Gasteiger partial charge in [0.2, 0.25) is 0 Å². The Morgan fingerprint density at radius 3 is 2.31 bits per heavy atom. The van der Waals surface area contributed by atoms with Crippen LogP contribution in [-0.4, -0.2) is 20.9 Å². The summed E-state index contributed by atoms with van der Waals surface area (Å²) in [7, 11) is 0. The number of rotatable bonds is 10. The summed E-state index contributed by atoms with van der Waals surface area (Å²) in [6, 6.07) is 16.9. The van der Waals surface area contributed by atoms with Crippen molar-refractivity contribution >= 4 is 38.0 Å². The van der Waals surface area contributed by atoms with Crippen LogP contribution in [0.25, 0.3) is 43.2 Å². The minimum absolute atomic E-state index is 0. The summed E-state index contributed by atoms with van der Waals surface area (Å²) in [4.78, 5) is 22.9. The first-order valence-electron chi connectivity index (χ1n) is 18.7. The Bertz CT molecular complexity index is 1990. The summed E-state index contributed by atoms with van der Waals surface area (Å²) in [5, 5.41) is 13.5. The molecule has 4 nitrogen and oxygen atoms in total. The summed E-state index contributed by atoms with van der Waals surface area (Å²) in [6.45, 7) is 19.5. The molecule has 0 saturated heterocycles. The molecule has 0 amide bonds. The SMILES string of the molecule is CC(C)Cc1cncc2c1CCc1sc3ccnc(-c4[c-]c5ccccc5c(C(C)(C)C)c4)c3c1-2.CCC(CC)C(=O)/C=C(\O)C(CC)CC.[Ir]. The maximum Gasteiger partial charge on any atom is 0.162 e. The zero-order valence-corrected chi connectivity index (χ0v) is 35.2. The van der Waals surface area contributed by atoms with Crippen molar-refractivity contribution in [1.82, 2.24) is 9.97 Å². The van der Waals surface area contributed by atoms with Gasteiger partial charge in [0.1, 0.15) is 0 Å². The number of ketones is 1. The van der Waals surface area contributed by atoms with Crippen molar-refractivity contribution in [1.29, 1.82) is 0 Å². The summed E-state index contributed by atoms with van der Waals surface area (Å²) in [5.41, 5.74) is 9.03. The van der Waals surface area contributed by atoms with E-state index in [2.05, 4.69) is 89.5 Å². The third kappa shape index (κ3) is 8.90. The van der Waals surface area contributed by atoms with Gasteiger partial charge in [-0.3, -0.25) is 14.8 Å². The van der Waals surface area contributed by atoms with Crippen molar-refractivity contribution in [3.63, 3.8) is 0 Å². The van der Waals surface area contributed by atoms with Gasteiger partial charge in [-0.25, -0.2) is 0 Å². The number of pyridine rings is 2. The smallest absolute Gasteiger partial charge is 0.162 e. The molecular weight excluding hydrogens is 825 g/mol. The molecule has 51 heavy (non-hydrogen) atoms. The van der Waals surface area contributed by atoms with E-state index in [1.165, 1.54) is 54.2 Å². The van der Waals surface area contributed by atoms with Gasteiger partial charge in [0.25, 0.3) is 0 Å². The fourth-order valence-corrected chi connectivity index (χ4v) is 8.63. The quantitative estimate of drug-likeness (QED) is 0.0862. The van der Waals surface area contributed by atoms with Crippen LogP contribution in [0, 0.1) is 23.8 Å². The molecule has 1 aliphatic rings. The van der Waals surface area contributed by atoms with E-state index in [0.717, 1.165) is 61.6 Å². The Labute approximate surface area is 323 Å². The van der Waals surface area contributed by atoms with Gasteiger partial charge in [-0.1, -0.05) is 91.5 Å². The van der Waals surface area contributed by atoms with Crippen molar-refractivity contribution in [2.75, 3.05) is 0 Å². The number of hydrogen-bond donors (Lipinski definition) is 1. The molecule has 2 aromatic carbocycles. The van der Waals surface area contributed by atoms with Crippen LogP contribution < -0.4 is 0 Å². The Hall–Kier alpha value is -3.18. The standard InChI is InChI=1S/C32H31N2S.C13H24O2.Ir/c1-19(2)14-22-17-33-18-25-23(22)10-11-27-29(25)30-28(35-27)12-13-34-31(30)21-15-20-8-6-7-9-24(20)26(16-21)32(3,4)5;1-5-10(6-2)12(14)9-13(15)11(7-3)8-4;/h6-9,12-13,16-19H,10-11,14H2,1-5H3;9-11,14H,5-8H2,1-4H3;/q-1;;/b;12-9-;. The molecule has 1 N–H and O–H groups in total. The van der Waals surface area contributed by atoms with Crippen molar-refractivity contribution < 1.29 is 30.0 Å². The first-order valence-corrected chi connectivity index (χ1v) is 19.5. The molecule has 0 fully saturated rings. The zero-order chi connectivity index (χ0) is 36.2. The van der Waals surface area contributed by atoms with Crippen molar-refractivity contribution in [2.24, 2.45) is 17.8 Å². The van der Waals surface area contributed by atoms with E-state index in [4.69, 9.17) is 9.97 Å². The number of nitrogens with zero attached hydrogens (tertiary/aromatic N) is 2. The number of fused-ring (bicyclic) bond motifs is 6. The number of aromatic nitrogens is 2. The first-order chi connectivity index (χ1) is 23.9. The number of aryl methyl sites for hydroxylation is 1. The number of thiophene rings is 1. The maximum absolute atomic E-state index is 11.7. The molecule has 0 atom stereocenters. The van der Waals surface area contributed by atoms with Gasteiger partial charge in [-0.05, 0) is 84.4 Å². The van der Waals surface area contributed by atoms with Crippen LogP contribution in [0.3, 0.4) is 0 Å². The van der Waals surface area contributed by atoms with Gasteiger partial charge < -0.3 is 5.11 Å². The van der Waals surface area contributed by atoms with E-state index < -0.39 is 0 Å². The van der Waals surface area contributed by atoms with Gasteiger partial charge in [-0.2, -0.15) is 0 Å². The van der Waals surface area contributed by atoms with Crippen molar-refractivity contribution in [3.05, 3.63) is 94.5 Å². The van der Waals surface area contributed by atoms with Gasteiger partial charge in [-0.15, -0.1) is 40.5 Å². The predicted molar refractivity (Wildman–Crippen MR) is 213 cm³/mol. The second-order valence-corrected chi connectivity index (χ2v) is 16.4. The molecule has 0 aliphatic heterocycles. The average Bonchev–Trinajstić information content (AvgIpc) is 3.48. The van der Waals surface area contributed by atoms with Gasteiger partial charge in [0.05, 0.1) is 5.76 Å². The van der Waals surface area contributed by atoms with Crippen LogP contribution in [0.5, 0.6) is 0 Å². The number of carbonyl (C=O) groups excluding carboxylic acids is 1. The average molecular weight is 880 g/mol. The molecule has 273 valence electrons. The van der Waals surface area contributed by atoms with Crippen LogP contribution in [0.2, 0.25) is 0 Å². The molecule has 1 aliphatic carbocycles. The Balaban J connectivity index is 0.000000312. The number of hydrogen-bond acceptors (Lipinski definition) is 5. The molecular formula is C45H55IrN2O2S-. The second kappa shape index (κ2) is 17.6. The number of aliphatic hydroxyl groups is 1. The molecule has 0 spiro atoms. The van der Waals surface area contributed by atoms with E-state index in [1.807, 2.05) is 45.2 Å². The maximum atomic E-state index is 11.7. The zero-order valence-electron chi connectivity index (χ0n) is 31.9. The molecule has 0 unspecified atom stereocenters. The normalized spacial score (nSPS) is 12.9. The van der Waals surface area contributed by atoms with E-state index in [1.54, 1.807) is 0 Å². The molecule has 5 aromatic rings. The third-order valence-electron chi connectivity index (χ3n) is 10.2. The first kappa shape index (κ1) is 40.6. The number of carbonyl (C=O) groups is 1. The fourth-order valence-electron chi connectivity index (χ4n) is 7.41. The molecule has 3 heterocycles. The number of allylic oxidation sites excluding steroid dienone is 2. The van der Waals surface area contributed by atoms with Crippen LogP contribution >= 0.6 is 11.3 Å². The summed E-state index contributed by atoms with van der Waals surface area (Å²) >= 11 is 1.92. The van der Waals surface area contributed by atoms with Gasteiger partial charge in [0.15, 0.2) is 5.78 Å². The second-order valence-electron chi connectivity index (χ2n) is 15.2. The molecule has 6 rings (SSSR count). The summed E-state index contributed by atoms with van der Waals surface area (Å²) in [5.74, 6) is 1.16. The number of benzene rings is 2.